The summed E-state index contributed by atoms with van der Waals surface area (Å²) in [4.78, 5) is 0. The summed E-state index contributed by atoms with van der Waals surface area (Å²) in [5.74, 6) is 0. The first kappa shape index (κ1) is 33.1. The van der Waals surface area contributed by atoms with Crippen LogP contribution in [-0.2, 0) is 0 Å². The van der Waals surface area contributed by atoms with Crippen LogP contribution in [0, 0.1) is 0 Å². The Bertz CT molecular complexity index is 8.00. The number of hydrogen-bond donors (Lipinski definition) is 0. The summed E-state index contributed by atoms with van der Waals surface area (Å²) in [6.07, 6.45) is 0. The molecule has 0 saturated heterocycles. The van der Waals surface area contributed by atoms with Gasteiger partial charge in [-0.1, -0.05) is 0 Å². The summed E-state index contributed by atoms with van der Waals surface area (Å²) in [5.41, 5.74) is 0. The Labute approximate surface area is 83.3 Å². The molecule has 0 spiro atoms. The molecule has 0 aromatic heterocycles. The molecule has 0 aliphatic heterocycles. The maximum atomic E-state index is 0. The monoisotopic (exact) mass is 79.0 g/mol. The van der Waals surface area contributed by atoms with E-state index in [-0.39, 0.29) is 85.1 Å². The molecule has 0 bridgehead atoms. The van der Waals surface area contributed by atoms with Crippen molar-refractivity contribution in [1.82, 2.24) is 0 Å². The van der Waals surface area contributed by atoms with Crippen molar-refractivity contribution < 1.29 is 4.70 Å². The van der Waals surface area contributed by atoms with Crippen LogP contribution in [0.1, 0.15) is 0 Å². The summed E-state index contributed by atoms with van der Waals surface area (Å²) in [6, 6.07) is 0. The predicted molar refractivity (Wildman–Crippen MR) is 25.3 cm³/mol. The predicted octanol–water partition coefficient (Wildman–Crippen LogP) is -2.06. The average molecular weight is 79.1 g/mol. The zero-order chi connectivity index (χ0) is 0. The molecule has 0 atom stereocenters. The van der Waals surface area contributed by atoms with E-state index in [2.05, 4.69) is 0 Å². The van der Waals surface area contributed by atoms with Crippen molar-refractivity contribution in [1.29, 1.82) is 0 Å². The topological polar surface area (TPSA) is 0 Å². The Morgan fingerprint density at radius 3 is 1.00 bits per heavy atom. The molecular weight excluding hydrogens is 74.0 g/mol. The second-order valence-corrected chi connectivity index (χ2v) is 0. The summed E-state index contributed by atoms with van der Waals surface area (Å²) in [5, 5.41) is 0. The zero-order valence-electron chi connectivity index (χ0n) is 0.408. The molecule has 0 nitrogen and oxygen atoms in total. The molecule has 0 amide bonds. The van der Waals surface area contributed by atoms with Crippen LogP contribution in [0.4, 0.5) is 4.70 Å². The van der Waals surface area contributed by atoms with Gasteiger partial charge in [0, 0.05) is 0 Å². The molecular formula is H5BeFKLi. The van der Waals surface area contributed by atoms with E-state index in [1.54, 1.807) is 0 Å². The van der Waals surface area contributed by atoms with Gasteiger partial charge in [-0.15, -0.1) is 0 Å². The van der Waals surface area contributed by atoms with Crippen LogP contribution in [0.3, 0.4) is 0 Å². The molecule has 0 unspecified atom stereocenters. The van der Waals surface area contributed by atoms with E-state index in [0.717, 1.165) is 0 Å². The first-order valence-electron chi connectivity index (χ1n) is 0. The minimum absolute atomic E-state index is 0. The fourth-order valence-corrected chi connectivity index (χ4v) is 0. The molecule has 0 saturated carbocycles. The van der Waals surface area contributed by atoms with Gasteiger partial charge in [0.05, 0.1) is 0 Å². The van der Waals surface area contributed by atoms with E-state index in [4.69, 9.17) is 0 Å². The fourth-order valence-electron chi connectivity index (χ4n) is 0. The van der Waals surface area contributed by atoms with E-state index in [1.165, 1.54) is 0 Å². The Morgan fingerprint density at radius 1 is 1.00 bits per heavy atom. The Morgan fingerprint density at radius 2 is 1.00 bits per heavy atom. The van der Waals surface area contributed by atoms with Crippen molar-refractivity contribution in [3.05, 3.63) is 0 Å². The molecule has 0 aliphatic rings. The number of hydrogen-bond acceptors (Lipinski definition) is 0. The fraction of sp³-hybridized carbons (Fsp3) is 0. The minimum atomic E-state index is 0. The molecule has 4 heteroatoms. The summed E-state index contributed by atoms with van der Waals surface area (Å²) >= 11 is 0. The van der Waals surface area contributed by atoms with Gasteiger partial charge < -0.3 is 0 Å². The van der Waals surface area contributed by atoms with Gasteiger partial charge in [-0.05, 0) is 0 Å². The Balaban J connectivity index is 0. The van der Waals surface area contributed by atoms with E-state index >= 15 is 0 Å². The molecule has 16 valence electrons. The summed E-state index contributed by atoms with van der Waals surface area (Å²) < 4.78 is 0. The van der Waals surface area contributed by atoms with Gasteiger partial charge in [0.15, 0.2) is 0 Å². The van der Waals surface area contributed by atoms with Crippen molar-refractivity contribution in [3.63, 3.8) is 0 Å². The van der Waals surface area contributed by atoms with Crippen molar-refractivity contribution >= 4 is 80.4 Å². The normalized spacial score (nSPS) is 0. The number of halogens is 1. The first-order valence-corrected chi connectivity index (χ1v) is 0. The van der Waals surface area contributed by atoms with Crippen LogP contribution in [0.2, 0.25) is 0 Å². The van der Waals surface area contributed by atoms with E-state index < -0.39 is 0 Å². The third kappa shape index (κ3) is 8.84. The summed E-state index contributed by atoms with van der Waals surface area (Å²) in [7, 11) is 0. The second-order valence-electron chi connectivity index (χ2n) is 0. The molecule has 4 heavy (non-hydrogen) atoms. The van der Waals surface area contributed by atoms with Gasteiger partial charge in [-0.2, -0.15) is 0 Å². The van der Waals surface area contributed by atoms with E-state index in [1.807, 2.05) is 0 Å². The Kier molecular flexibility index (Phi) is 152. The quantitative estimate of drug-likeness (QED) is 0.293. The molecule has 0 rings (SSSR count). The van der Waals surface area contributed by atoms with Crippen LogP contribution >= 0.6 is 0 Å². The Hall–Kier alpha value is 2.33. The van der Waals surface area contributed by atoms with Crippen molar-refractivity contribution in [2.75, 3.05) is 0 Å². The maximum absolute atomic E-state index is 0. The standard InChI is InChI=1S/Be.FH.K.Li.4H/h;1H;;;;;;. The van der Waals surface area contributed by atoms with Gasteiger partial charge in [-0.3, -0.25) is 4.70 Å². The molecule has 0 aliphatic carbocycles. The van der Waals surface area contributed by atoms with Gasteiger partial charge in [0.2, 0.25) is 0 Å². The average Bonchev–Trinajstić information content (AvgIpc) is 0. The van der Waals surface area contributed by atoms with Crippen LogP contribution in [0.25, 0.3) is 0 Å². The third-order valence-corrected chi connectivity index (χ3v) is 0. The molecule has 0 aromatic carbocycles. The van der Waals surface area contributed by atoms with Crippen LogP contribution in [-0.4, -0.2) is 80.4 Å². The van der Waals surface area contributed by atoms with Crippen LogP contribution in [0.5, 0.6) is 0 Å². The summed E-state index contributed by atoms with van der Waals surface area (Å²) in [6.45, 7) is 0. The van der Waals surface area contributed by atoms with Gasteiger partial charge >= 0.3 is 80.4 Å². The molecule has 0 fully saturated rings. The van der Waals surface area contributed by atoms with E-state index in [9.17, 15) is 0 Å². The van der Waals surface area contributed by atoms with Crippen LogP contribution < -0.4 is 0 Å². The molecule has 0 aromatic rings. The van der Waals surface area contributed by atoms with Crippen molar-refractivity contribution in [2.45, 2.75) is 0 Å². The van der Waals surface area contributed by atoms with Crippen molar-refractivity contribution in [3.8, 4) is 0 Å². The van der Waals surface area contributed by atoms with Gasteiger partial charge in [0.1, 0.15) is 0 Å². The number of rotatable bonds is 0. The zero-order valence-corrected chi connectivity index (χ0v) is 0.408. The second kappa shape index (κ2) is 18.4. The third-order valence-electron chi connectivity index (χ3n) is 0. The first-order chi connectivity index (χ1) is 0. The molecule has 0 N–H and O–H groups in total. The van der Waals surface area contributed by atoms with Gasteiger partial charge in [0.25, 0.3) is 0 Å². The molecule has 0 heterocycles. The molecule has 0 radical (unpaired) electrons. The van der Waals surface area contributed by atoms with Gasteiger partial charge in [-0.25, -0.2) is 0 Å². The van der Waals surface area contributed by atoms with Crippen LogP contribution in [0.15, 0.2) is 0 Å². The van der Waals surface area contributed by atoms with Crippen molar-refractivity contribution in [2.24, 2.45) is 0 Å². The van der Waals surface area contributed by atoms with E-state index in [0.29, 0.717) is 0 Å². The SMILES string of the molecule is F.[BeH2].[KH].[LiH].